The van der Waals surface area contributed by atoms with Crippen molar-refractivity contribution in [2.24, 2.45) is 0 Å². The standard InChI is InChI=1S/C7H6N4/c8-3-5-1-2-6(4-9)11-7(5)10/h1-3,8H,(H2,10,11). The molecular weight excluding hydrogens is 140 g/mol. The van der Waals surface area contributed by atoms with E-state index in [2.05, 4.69) is 4.98 Å². The Hall–Kier alpha value is -1.89. The Morgan fingerprint density at radius 2 is 2.36 bits per heavy atom. The summed E-state index contributed by atoms with van der Waals surface area (Å²) in [4.78, 5) is 3.73. The van der Waals surface area contributed by atoms with E-state index in [-0.39, 0.29) is 11.5 Å². The van der Waals surface area contributed by atoms with Gasteiger partial charge < -0.3 is 11.1 Å². The molecule has 54 valence electrons. The highest BCUT2D eigenvalue weighted by atomic mass is 14.8. The van der Waals surface area contributed by atoms with Gasteiger partial charge in [-0.2, -0.15) is 5.26 Å². The summed E-state index contributed by atoms with van der Waals surface area (Å²) in [5.41, 5.74) is 6.20. The molecule has 0 saturated heterocycles. The third-order valence-electron chi connectivity index (χ3n) is 1.23. The largest absolute Gasteiger partial charge is 0.383 e. The Morgan fingerprint density at radius 3 is 2.82 bits per heavy atom. The van der Waals surface area contributed by atoms with Crippen molar-refractivity contribution in [2.45, 2.75) is 0 Å². The maximum Gasteiger partial charge on any atom is 0.142 e. The first-order chi connectivity index (χ1) is 5.27. The highest BCUT2D eigenvalue weighted by Gasteiger charge is 1.97. The molecule has 0 atom stereocenters. The summed E-state index contributed by atoms with van der Waals surface area (Å²) in [6.45, 7) is 0. The molecule has 0 radical (unpaired) electrons. The quantitative estimate of drug-likeness (QED) is 0.566. The highest BCUT2D eigenvalue weighted by molar-refractivity contribution is 5.83. The lowest BCUT2D eigenvalue weighted by molar-refractivity contribution is 1.26. The molecule has 0 amide bonds. The van der Waals surface area contributed by atoms with Crippen molar-refractivity contribution in [3.63, 3.8) is 0 Å². The molecule has 1 heterocycles. The zero-order chi connectivity index (χ0) is 8.27. The minimum absolute atomic E-state index is 0.221. The molecule has 0 aliphatic rings. The molecular formula is C7H6N4. The van der Waals surface area contributed by atoms with Crippen LogP contribution in [0.2, 0.25) is 0 Å². The number of nitrogens with one attached hydrogen (secondary N) is 1. The maximum atomic E-state index is 8.40. The Balaban J connectivity index is 3.22. The summed E-state index contributed by atoms with van der Waals surface area (Å²) in [6, 6.07) is 4.97. The van der Waals surface area contributed by atoms with Gasteiger partial charge in [-0.15, -0.1) is 0 Å². The van der Waals surface area contributed by atoms with E-state index in [0.29, 0.717) is 5.56 Å². The molecule has 0 bridgehead atoms. The Morgan fingerprint density at radius 1 is 1.64 bits per heavy atom. The number of pyridine rings is 1. The monoisotopic (exact) mass is 146 g/mol. The second-order valence-electron chi connectivity index (χ2n) is 1.93. The number of nitrogen functional groups attached to an aromatic ring is 1. The van der Waals surface area contributed by atoms with Crippen molar-refractivity contribution in [1.82, 2.24) is 4.98 Å². The highest BCUT2D eigenvalue weighted by Crippen LogP contribution is 2.05. The molecule has 0 unspecified atom stereocenters. The molecule has 0 saturated carbocycles. The first-order valence-electron chi connectivity index (χ1n) is 2.95. The van der Waals surface area contributed by atoms with Gasteiger partial charge in [-0.25, -0.2) is 4.98 Å². The number of nitrogens with two attached hydrogens (primary N) is 1. The summed E-state index contributed by atoms with van der Waals surface area (Å²) in [5.74, 6) is 0.221. The lowest BCUT2D eigenvalue weighted by Crippen LogP contribution is -1.97. The van der Waals surface area contributed by atoms with Crippen LogP contribution in [0, 0.1) is 16.7 Å². The van der Waals surface area contributed by atoms with E-state index in [1.807, 2.05) is 6.07 Å². The average Bonchev–Trinajstić information content (AvgIpc) is 2.04. The normalized spacial score (nSPS) is 8.64. The van der Waals surface area contributed by atoms with Gasteiger partial charge in [0.05, 0.1) is 0 Å². The van der Waals surface area contributed by atoms with E-state index in [1.165, 1.54) is 6.07 Å². The maximum absolute atomic E-state index is 8.40. The molecule has 0 aliphatic carbocycles. The molecule has 0 fully saturated rings. The van der Waals surface area contributed by atoms with Crippen LogP contribution in [0.4, 0.5) is 5.82 Å². The Labute approximate surface area is 63.8 Å². The minimum atomic E-state index is 0.221. The zero-order valence-electron chi connectivity index (χ0n) is 5.70. The van der Waals surface area contributed by atoms with E-state index in [9.17, 15) is 0 Å². The lowest BCUT2D eigenvalue weighted by Gasteiger charge is -1.96. The van der Waals surface area contributed by atoms with Gasteiger partial charge >= 0.3 is 0 Å². The van der Waals surface area contributed by atoms with Crippen LogP contribution in [0.15, 0.2) is 12.1 Å². The summed E-state index contributed by atoms with van der Waals surface area (Å²) in [6.07, 6.45) is 1.10. The van der Waals surface area contributed by atoms with Crippen LogP contribution in [0.25, 0.3) is 0 Å². The molecule has 1 aromatic heterocycles. The van der Waals surface area contributed by atoms with E-state index < -0.39 is 0 Å². The fraction of sp³-hybridized carbons (Fsp3) is 0. The fourth-order valence-corrected chi connectivity index (χ4v) is 0.670. The number of aromatic nitrogens is 1. The molecule has 0 spiro atoms. The average molecular weight is 146 g/mol. The molecule has 3 N–H and O–H groups in total. The van der Waals surface area contributed by atoms with Crippen LogP contribution in [-0.4, -0.2) is 11.2 Å². The third kappa shape index (κ3) is 1.33. The number of anilines is 1. The minimum Gasteiger partial charge on any atom is -0.383 e. The summed E-state index contributed by atoms with van der Waals surface area (Å²) >= 11 is 0. The van der Waals surface area contributed by atoms with Crippen molar-refractivity contribution >= 4 is 12.0 Å². The SMILES string of the molecule is N#Cc1ccc(C=N)c(N)n1. The van der Waals surface area contributed by atoms with Gasteiger partial charge in [-0.3, -0.25) is 0 Å². The van der Waals surface area contributed by atoms with Crippen LogP contribution in [0.1, 0.15) is 11.3 Å². The van der Waals surface area contributed by atoms with Gasteiger partial charge in [0, 0.05) is 11.8 Å². The van der Waals surface area contributed by atoms with Gasteiger partial charge in [0.2, 0.25) is 0 Å². The summed E-state index contributed by atoms with van der Waals surface area (Å²) in [7, 11) is 0. The first kappa shape index (κ1) is 7.22. The topological polar surface area (TPSA) is 86.5 Å². The zero-order valence-corrected chi connectivity index (χ0v) is 5.70. The predicted molar refractivity (Wildman–Crippen MR) is 41.3 cm³/mol. The van der Waals surface area contributed by atoms with E-state index >= 15 is 0 Å². The number of nitrogens with zero attached hydrogens (tertiary/aromatic N) is 2. The molecule has 1 rings (SSSR count). The van der Waals surface area contributed by atoms with Crippen molar-refractivity contribution in [3.05, 3.63) is 23.4 Å². The molecule has 0 aromatic carbocycles. The second kappa shape index (κ2) is 2.80. The van der Waals surface area contributed by atoms with Crippen LogP contribution < -0.4 is 5.73 Å². The van der Waals surface area contributed by atoms with Gasteiger partial charge in [-0.05, 0) is 12.1 Å². The van der Waals surface area contributed by atoms with Crippen LogP contribution >= 0.6 is 0 Å². The molecule has 11 heavy (non-hydrogen) atoms. The number of rotatable bonds is 1. The molecule has 4 heteroatoms. The smallest absolute Gasteiger partial charge is 0.142 e. The molecule has 4 nitrogen and oxygen atoms in total. The number of hydrogen-bond donors (Lipinski definition) is 2. The molecule has 0 aliphatic heterocycles. The van der Waals surface area contributed by atoms with E-state index in [4.69, 9.17) is 16.4 Å². The fourth-order valence-electron chi connectivity index (χ4n) is 0.670. The number of nitriles is 1. The van der Waals surface area contributed by atoms with Gasteiger partial charge in [0.15, 0.2) is 0 Å². The Bertz CT molecular complexity index is 324. The van der Waals surface area contributed by atoms with Crippen molar-refractivity contribution in [1.29, 1.82) is 10.7 Å². The second-order valence-corrected chi connectivity index (χ2v) is 1.93. The van der Waals surface area contributed by atoms with Gasteiger partial charge in [0.1, 0.15) is 17.6 Å². The predicted octanol–water partition coefficient (Wildman–Crippen LogP) is 0.533. The summed E-state index contributed by atoms with van der Waals surface area (Å²) < 4.78 is 0. The van der Waals surface area contributed by atoms with Gasteiger partial charge in [0.25, 0.3) is 0 Å². The third-order valence-corrected chi connectivity index (χ3v) is 1.23. The Kier molecular flexibility index (Phi) is 1.83. The van der Waals surface area contributed by atoms with Gasteiger partial charge in [-0.1, -0.05) is 0 Å². The van der Waals surface area contributed by atoms with Crippen molar-refractivity contribution < 1.29 is 0 Å². The van der Waals surface area contributed by atoms with E-state index in [0.717, 1.165) is 6.21 Å². The van der Waals surface area contributed by atoms with Crippen LogP contribution in [-0.2, 0) is 0 Å². The lowest BCUT2D eigenvalue weighted by atomic mass is 10.2. The first-order valence-corrected chi connectivity index (χ1v) is 2.95. The van der Waals surface area contributed by atoms with Crippen LogP contribution in [0.3, 0.4) is 0 Å². The molecule has 1 aromatic rings. The van der Waals surface area contributed by atoms with Crippen molar-refractivity contribution in [2.75, 3.05) is 5.73 Å². The number of hydrogen-bond acceptors (Lipinski definition) is 4. The summed E-state index contributed by atoms with van der Waals surface area (Å²) in [5, 5.41) is 15.3. The van der Waals surface area contributed by atoms with Crippen molar-refractivity contribution in [3.8, 4) is 6.07 Å². The van der Waals surface area contributed by atoms with E-state index in [1.54, 1.807) is 6.07 Å². The van der Waals surface area contributed by atoms with Crippen LogP contribution in [0.5, 0.6) is 0 Å².